The van der Waals surface area contributed by atoms with E-state index in [1.165, 1.54) is 0 Å². The van der Waals surface area contributed by atoms with Crippen molar-refractivity contribution in [2.45, 2.75) is 6.92 Å². The SMILES string of the molecule is Cc1c(OCCN(C)C)c2cc(Cl)cc(Cl)c2n1C(=O)c1ccccc1. The van der Waals surface area contributed by atoms with Gasteiger partial charge in [0.05, 0.1) is 16.2 Å². The smallest absolute Gasteiger partial charge is 0.262 e. The molecule has 0 N–H and O–H groups in total. The first kappa shape index (κ1) is 18.8. The van der Waals surface area contributed by atoms with E-state index in [0.29, 0.717) is 39.2 Å². The minimum Gasteiger partial charge on any atom is -0.490 e. The Morgan fingerprint density at radius 3 is 2.50 bits per heavy atom. The molecule has 3 aromatic rings. The lowest BCUT2D eigenvalue weighted by atomic mass is 10.2. The van der Waals surface area contributed by atoms with Gasteiger partial charge in [0, 0.05) is 22.5 Å². The number of nitrogens with zero attached hydrogens (tertiary/aromatic N) is 2. The Morgan fingerprint density at radius 1 is 1.15 bits per heavy atom. The normalized spacial score (nSPS) is 11.3. The number of rotatable bonds is 5. The Kier molecular flexibility index (Phi) is 5.56. The average Bonchev–Trinajstić information content (AvgIpc) is 2.87. The van der Waals surface area contributed by atoms with E-state index in [0.717, 1.165) is 11.9 Å². The molecule has 0 radical (unpaired) electrons. The number of hydrogen-bond acceptors (Lipinski definition) is 3. The number of fused-ring (bicyclic) bond motifs is 1. The summed E-state index contributed by atoms with van der Waals surface area (Å²) < 4.78 is 7.61. The van der Waals surface area contributed by atoms with Gasteiger partial charge in [-0.1, -0.05) is 41.4 Å². The second-order valence-electron chi connectivity index (χ2n) is 6.36. The summed E-state index contributed by atoms with van der Waals surface area (Å²) in [5.74, 6) is 0.482. The van der Waals surface area contributed by atoms with E-state index >= 15 is 0 Å². The first-order valence-corrected chi connectivity index (χ1v) is 9.03. The molecule has 0 amide bonds. The average molecular weight is 391 g/mol. The van der Waals surface area contributed by atoms with E-state index in [9.17, 15) is 4.79 Å². The Morgan fingerprint density at radius 2 is 1.85 bits per heavy atom. The maximum Gasteiger partial charge on any atom is 0.262 e. The van der Waals surface area contributed by atoms with E-state index < -0.39 is 0 Å². The molecule has 0 aliphatic carbocycles. The Hall–Kier alpha value is -2.01. The zero-order valence-electron chi connectivity index (χ0n) is 14.9. The number of carbonyl (C=O) groups excluding carboxylic acids is 1. The van der Waals surface area contributed by atoms with Gasteiger partial charge in [-0.15, -0.1) is 0 Å². The molecule has 0 aliphatic heterocycles. The van der Waals surface area contributed by atoms with Gasteiger partial charge in [0.2, 0.25) is 0 Å². The molecule has 0 aliphatic rings. The third-order valence-corrected chi connectivity index (χ3v) is 4.68. The molecule has 1 heterocycles. The maximum absolute atomic E-state index is 13.1. The molecule has 0 fully saturated rings. The first-order chi connectivity index (χ1) is 12.4. The predicted molar refractivity (Wildman–Crippen MR) is 107 cm³/mol. The summed E-state index contributed by atoms with van der Waals surface area (Å²) >= 11 is 12.6. The van der Waals surface area contributed by atoms with E-state index in [1.54, 1.807) is 28.8 Å². The van der Waals surface area contributed by atoms with Gasteiger partial charge < -0.3 is 9.64 Å². The Labute approximate surface area is 162 Å². The standard InChI is InChI=1S/C20H20Cl2N2O2/c1-13-19(26-10-9-23(2)3)16-11-15(21)12-17(22)18(16)24(13)20(25)14-7-5-4-6-8-14/h4-8,11-12H,9-10H2,1-3H3. The van der Waals surface area contributed by atoms with E-state index in [4.69, 9.17) is 27.9 Å². The summed E-state index contributed by atoms with van der Waals surface area (Å²) in [4.78, 5) is 15.2. The van der Waals surface area contributed by atoms with Gasteiger partial charge in [-0.25, -0.2) is 0 Å². The number of benzene rings is 2. The Balaban J connectivity index is 2.16. The van der Waals surface area contributed by atoms with Crippen LogP contribution in [0.4, 0.5) is 0 Å². The van der Waals surface area contributed by atoms with Crippen LogP contribution in [0.2, 0.25) is 10.0 Å². The van der Waals surface area contributed by atoms with Crippen molar-refractivity contribution in [3.63, 3.8) is 0 Å². The molecule has 1 aromatic heterocycles. The molecule has 0 saturated carbocycles. The largest absolute Gasteiger partial charge is 0.490 e. The van der Waals surface area contributed by atoms with Crippen molar-refractivity contribution >= 4 is 40.0 Å². The van der Waals surface area contributed by atoms with Crippen LogP contribution in [-0.2, 0) is 0 Å². The topological polar surface area (TPSA) is 34.5 Å². The van der Waals surface area contributed by atoms with E-state index in [2.05, 4.69) is 0 Å². The van der Waals surface area contributed by atoms with Crippen LogP contribution in [0.15, 0.2) is 42.5 Å². The van der Waals surface area contributed by atoms with Crippen LogP contribution in [0.3, 0.4) is 0 Å². The number of aromatic nitrogens is 1. The number of halogens is 2. The van der Waals surface area contributed by atoms with Crippen molar-refractivity contribution in [1.82, 2.24) is 9.47 Å². The molecule has 0 atom stereocenters. The van der Waals surface area contributed by atoms with Crippen molar-refractivity contribution in [2.24, 2.45) is 0 Å². The van der Waals surface area contributed by atoms with Gasteiger partial charge in [0.25, 0.3) is 5.91 Å². The molecule has 6 heteroatoms. The molecular weight excluding hydrogens is 371 g/mol. The molecule has 3 rings (SSSR count). The zero-order valence-corrected chi connectivity index (χ0v) is 16.4. The van der Waals surface area contributed by atoms with E-state index in [1.807, 2.05) is 44.1 Å². The van der Waals surface area contributed by atoms with Crippen LogP contribution < -0.4 is 4.74 Å². The number of carbonyl (C=O) groups is 1. The van der Waals surface area contributed by atoms with Crippen LogP contribution in [0.5, 0.6) is 5.75 Å². The van der Waals surface area contributed by atoms with Crippen molar-refractivity contribution < 1.29 is 9.53 Å². The molecule has 2 aromatic carbocycles. The van der Waals surface area contributed by atoms with Crippen molar-refractivity contribution in [2.75, 3.05) is 27.2 Å². The van der Waals surface area contributed by atoms with E-state index in [-0.39, 0.29) is 5.91 Å². The highest BCUT2D eigenvalue weighted by Crippen LogP contribution is 2.39. The van der Waals surface area contributed by atoms with Crippen molar-refractivity contribution in [3.05, 3.63) is 63.8 Å². The van der Waals surface area contributed by atoms with Gasteiger partial charge in [-0.2, -0.15) is 0 Å². The molecule has 0 saturated heterocycles. The number of hydrogen-bond donors (Lipinski definition) is 0. The lowest BCUT2D eigenvalue weighted by Crippen LogP contribution is -2.19. The van der Waals surface area contributed by atoms with Gasteiger partial charge >= 0.3 is 0 Å². The molecule has 136 valence electrons. The highest BCUT2D eigenvalue weighted by molar-refractivity contribution is 6.39. The monoisotopic (exact) mass is 390 g/mol. The quantitative estimate of drug-likeness (QED) is 0.622. The summed E-state index contributed by atoms with van der Waals surface area (Å²) in [6, 6.07) is 12.5. The molecule has 0 spiro atoms. The molecule has 0 bridgehead atoms. The summed E-state index contributed by atoms with van der Waals surface area (Å²) in [5.41, 5.74) is 1.90. The van der Waals surface area contributed by atoms with Crippen LogP contribution in [0.1, 0.15) is 16.1 Å². The first-order valence-electron chi connectivity index (χ1n) is 8.27. The number of ether oxygens (including phenoxy) is 1. The second-order valence-corrected chi connectivity index (χ2v) is 7.20. The second kappa shape index (κ2) is 7.70. The van der Waals surface area contributed by atoms with Crippen molar-refractivity contribution in [3.8, 4) is 5.75 Å². The van der Waals surface area contributed by atoms with Gasteiger partial charge in [0.1, 0.15) is 12.4 Å². The summed E-state index contributed by atoms with van der Waals surface area (Å²) in [7, 11) is 3.96. The molecule has 0 unspecified atom stereocenters. The van der Waals surface area contributed by atoms with Crippen LogP contribution >= 0.6 is 23.2 Å². The molecule has 4 nitrogen and oxygen atoms in total. The van der Waals surface area contributed by atoms with Gasteiger partial charge in [0.15, 0.2) is 0 Å². The minimum absolute atomic E-state index is 0.153. The fourth-order valence-electron chi connectivity index (χ4n) is 2.91. The third kappa shape index (κ3) is 3.58. The van der Waals surface area contributed by atoms with Crippen LogP contribution in [0, 0.1) is 6.92 Å². The predicted octanol–water partition coefficient (Wildman–Crippen LogP) is 4.89. The van der Waals surface area contributed by atoms with Gasteiger partial charge in [-0.05, 0) is 45.3 Å². The van der Waals surface area contributed by atoms with Crippen molar-refractivity contribution in [1.29, 1.82) is 0 Å². The summed E-state index contributed by atoms with van der Waals surface area (Å²) in [6.07, 6.45) is 0. The third-order valence-electron chi connectivity index (χ3n) is 4.17. The minimum atomic E-state index is -0.153. The van der Waals surface area contributed by atoms with Gasteiger partial charge in [-0.3, -0.25) is 9.36 Å². The fourth-order valence-corrected chi connectivity index (χ4v) is 3.48. The number of likely N-dealkylation sites (N-methyl/N-ethyl adjacent to an activating group) is 1. The summed E-state index contributed by atoms with van der Waals surface area (Å²) in [6.45, 7) is 3.11. The highest BCUT2D eigenvalue weighted by Gasteiger charge is 2.23. The van der Waals surface area contributed by atoms with Crippen LogP contribution in [-0.4, -0.2) is 42.6 Å². The van der Waals surface area contributed by atoms with Crippen LogP contribution in [0.25, 0.3) is 10.9 Å². The lowest BCUT2D eigenvalue weighted by Gasteiger charge is -2.11. The molecular formula is C20H20Cl2N2O2. The fraction of sp³-hybridized carbons (Fsp3) is 0.250. The summed E-state index contributed by atoms with van der Waals surface area (Å²) in [5, 5.41) is 1.66. The lowest BCUT2D eigenvalue weighted by molar-refractivity contribution is 0.0962. The highest BCUT2D eigenvalue weighted by atomic mass is 35.5. The maximum atomic E-state index is 13.1. The Bertz CT molecular complexity index is 950. The molecule has 26 heavy (non-hydrogen) atoms. The zero-order chi connectivity index (χ0) is 18.8.